The zero-order valence-electron chi connectivity index (χ0n) is 15.9. The highest BCUT2D eigenvalue weighted by Gasteiger charge is 2.20. The van der Waals surface area contributed by atoms with E-state index in [0.29, 0.717) is 19.6 Å². The summed E-state index contributed by atoms with van der Waals surface area (Å²) in [5.74, 6) is 1.53. The Morgan fingerprint density at radius 2 is 2.04 bits per heavy atom. The molecule has 0 aliphatic heterocycles. The Balaban J connectivity index is 1.65. The Morgan fingerprint density at radius 3 is 2.63 bits per heavy atom. The van der Waals surface area contributed by atoms with E-state index in [9.17, 15) is 4.79 Å². The van der Waals surface area contributed by atoms with Crippen LogP contribution in [-0.2, 0) is 11.2 Å². The molecule has 142 valence electrons. The number of aromatic nitrogens is 2. The summed E-state index contributed by atoms with van der Waals surface area (Å²) in [5.41, 5.74) is 2.90. The van der Waals surface area contributed by atoms with Crippen LogP contribution in [0, 0.1) is 13.8 Å². The fourth-order valence-electron chi connectivity index (χ4n) is 3.08. The van der Waals surface area contributed by atoms with Gasteiger partial charge in [0.25, 0.3) is 0 Å². The summed E-state index contributed by atoms with van der Waals surface area (Å²) in [7, 11) is 0. The van der Waals surface area contributed by atoms with E-state index in [1.165, 1.54) is 0 Å². The molecule has 0 aliphatic rings. The molecule has 1 atom stereocenters. The van der Waals surface area contributed by atoms with Crippen molar-refractivity contribution in [3.05, 3.63) is 71.4 Å². The van der Waals surface area contributed by atoms with Crippen LogP contribution in [0.2, 0.25) is 0 Å². The summed E-state index contributed by atoms with van der Waals surface area (Å²) in [6.45, 7) is 6.93. The average Bonchev–Trinajstić information content (AvgIpc) is 3.27. The maximum absolute atomic E-state index is 12.4. The summed E-state index contributed by atoms with van der Waals surface area (Å²) >= 11 is 0. The van der Waals surface area contributed by atoms with E-state index in [4.69, 9.17) is 9.15 Å². The minimum Gasteiger partial charge on any atom is -0.494 e. The highest BCUT2D eigenvalue weighted by Crippen LogP contribution is 2.20. The molecule has 0 saturated heterocycles. The first-order valence-corrected chi connectivity index (χ1v) is 9.11. The predicted octanol–water partition coefficient (Wildman–Crippen LogP) is 3.44. The fourth-order valence-corrected chi connectivity index (χ4v) is 3.08. The van der Waals surface area contributed by atoms with Crippen LogP contribution in [0.3, 0.4) is 0 Å². The van der Waals surface area contributed by atoms with Crippen LogP contribution in [-0.4, -0.2) is 28.8 Å². The number of ether oxygens (including phenoxy) is 1. The maximum Gasteiger partial charge on any atom is 0.224 e. The van der Waals surface area contributed by atoms with Crippen molar-refractivity contribution in [3.63, 3.8) is 0 Å². The van der Waals surface area contributed by atoms with Crippen LogP contribution in [0.1, 0.15) is 35.7 Å². The molecule has 1 N–H and O–H groups in total. The SMILES string of the molecule is CCOc1ccc(CC(=O)NC[C@@H](c2ccco2)n2nc(C)cc2C)cc1. The van der Waals surface area contributed by atoms with Crippen LogP contribution < -0.4 is 10.1 Å². The van der Waals surface area contributed by atoms with Crippen LogP contribution in [0.4, 0.5) is 0 Å². The highest BCUT2D eigenvalue weighted by molar-refractivity contribution is 5.78. The second-order valence-corrected chi connectivity index (χ2v) is 6.46. The van der Waals surface area contributed by atoms with Gasteiger partial charge in [-0.25, -0.2) is 0 Å². The van der Waals surface area contributed by atoms with E-state index >= 15 is 0 Å². The van der Waals surface area contributed by atoms with Gasteiger partial charge in [0.15, 0.2) is 0 Å². The maximum atomic E-state index is 12.4. The summed E-state index contributed by atoms with van der Waals surface area (Å²) in [6.07, 6.45) is 1.95. The molecule has 6 heteroatoms. The van der Waals surface area contributed by atoms with Gasteiger partial charge in [-0.2, -0.15) is 5.10 Å². The molecular formula is C21H25N3O3. The number of amides is 1. The second-order valence-electron chi connectivity index (χ2n) is 6.46. The van der Waals surface area contributed by atoms with E-state index in [2.05, 4.69) is 10.4 Å². The topological polar surface area (TPSA) is 69.3 Å². The number of furan rings is 1. The molecule has 0 radical (unpaired) electrons. The first kappa shape index (κ1) is 18.8. The number of benzene rings is 1. The highest BCUT2D eigenvalue weighted by atomic mass is 16.5. The molecule has 0 unspecified atom stereocenters. The van der Waals surface area contributed by atoms with Gasteiger partial charge in [0.1, 0.15) is 17.6 Å². The lowest BCUT2D eigenvalue weighted by molar-refractivity contribution is -0.120. The van der Waals surface area contributed by atoms with Crippen molar-refractivity contribution in [2.24, 2.45) is 0 Å². The predicted molar refractivity (Wildman–Crippen MR) is 103 cm³/mol. The first-order chi connectivity index (χ1) is 13.1. The van der Waals surface area contributed by atoms with Crippen LogP contribution in [0.25, 0.3) is 0 Å². The summed E-state index contributed by atoms with van der Waals surface area (Å²) in [6, 6.07) is 13.2. The monoisotopic (exact) mass is 367 g/mol. The summed E-state index contributed by atoms with van der Waals surface area (Å²) < 4.78 is 12.9. The van der Waals surface area contributed by atoms with Gasteiger partial charge >= 0.3 is 0 Å². The van der Waals surface area contributed by atoms with E-state index in [1.807, 2.05) is 67.9 Å². The zero-order chi connectivity index (χ0) is 19.2. The molecule has 3 aromatic rings. The summed E-state index contributed by atoms with van der Waals surface area (Å²) in [4.78, 5) is 12.4. The second kappa shape index (κ2) is 8.58. The number of hydrogen-bond donors (Lipinski definition) is 1. The molecule has 1 amide bonds. The number of carbonyl (C=O) groups excluding carboxylic acids is 1. The molecule has 2 heterocycles. The lowest BCUT2D eigenvalue weighted by atomic mass is 10.1. The molecule has 1 aromatic carbocycles. The standard InChI is InChI=1S/C21H25N3O3/c1-4-26-18-9-7-17(8-10-18)13-21(25)22-14-19(20-6-5-11-27-20)24-16(3)12-15(2)23-24/h5-12,19H,4,13-14H2,1-3H3,(H,22,25)/t19-/m0/s1. The Bertz CT molecular complexity index is 867. The Morgan fingerprint density at radius 1 is 1.26 bits per heavy atom. The van der Waals surface area contributed by atoms with Crippen molar-refractivity contribution >= 4 is 5.91 Å². The van der Waals surface area contributed by atoms with Gasteiger partial charge in [0.2, 0.25) is 5.91 Å². The molecule has 0 spiro atoms. The molecule has 6 nitrogen and oxygen atoms in total. The molecule has 3 rings (SSSR count). The normalized spacial score (nSPS) is 12.0. The van der Waals surface area contributed by atoms with Crippen molar-refractivity contribution in [2.75, 3.05) is 13.2 Å². The number of rotatable bonds is 8. The third-order valence-electron chi connectivity index (χ3n) is 4.30. The molecule has 27 heavy (non-hydrogen) atoms. The Labute approximate surface area is 159 Å². The van der Waals surface area contributed by atoms with Crippen LogP contribution in [0.15, 0.2) is 53.1 Å². The zero-order valence-corrected chi connectivity index (χ0v) is 15.9. The number of hydrogen-bond acceptors (Lipinski definition) is 4. The molecule has 0 saturated carbocycles. The van der Waals surface area contributed by atoms with Crippen LogP contribution in [0.5, 0.6) is 5.75 Å². The van der Waals surface area contributed by atoms with Crippen LogP contribution >= 0.6 is 0 Å². The van der Waals surface area contributed by atoms with Gasteiger partial charge in [-0.05, 0) is 56.7 Å². The largest absolute Gasteiger partial charge is 0.494 e. The number of aryl methyl sites for hydroxylation is 2. The minimum atomic E-state index is -0.182. The van der Waals surface area contributed by atoms with Crippen molar-refractivity contribution in [2.45, 2.75) is 33.2 Å². The van der Waals surface area contributed by atoms with Crippen molar-refractivity contribution in [1.29, 1.82) is 0 Å². The van der Waals surface area contributed by atoms with E-state index in [0.717, 1.165) is 28.5 Å². The number of nitrogens with one attached hydrogen (secondary N) is 1. The molecule has 0 bridgehead atoms. The number of carbonyl (C=O) groups is 1. The summed E-state index contributed by atoms with van der Waals surface area (Å²) in [5, 5.41) is 7.55. The third-order valence-corrected chi connectivity index (χ3v) is 4.30. The van der Waals surface area contributed by atoms with Gasteiger partial charge in [0, 0.05) is 12.2 Å². The Kier molecular flexibility index (Phi) is 5.96. The van der Waals surface area contributed by atoms with Gasteiger partial charge in [0.05, 0.1) is 25.0 Å². The first-order valence-electron chi connectivity index (χ1n) is 9.11. The molecular weight excluding hydrogens is 342 g/mol. The number of nitrogens with zero attached hydrogens (tertiary/aromatic N) is 2. The van der Waals surface area contributed by atoms with Crippen molar-refractivity contribution in [1.82, 2.24) is 15.1 Å². The molecule has 0 aliphatic carbocycles. The quantitative estimate of drug-likeness (QED) is 0.662. The minimum absolute atomic E-state index is 0.0442. The van der Waals surface area contributed by atoms with E-state index in [-0.39, 0.29) is 11.9 Å². The molecule has 0 fully saturated rings. The van der Waals surface area contributed by atoms with Crippen molar-refractivity contribution < 1.29 is 13.9 Å². The van der Waals surface area contributed by atoms with Gasteiger partial charge < -0.3 is 14.5 Å². The smallest absolute Gasteiger partial charge is 0.224 e. The van der Waals surface area contributed by atoms with Crippen molar-refractivity contribution in [3.8, 4) is 5.75 Å². The lowest BCUT2D eigenvalue weighted by Gasteiger charge is -2.18. The lowest BCUT2D eigenvalue weighted by Crippen LogP contribution is -2.33. The van der Waals surface area contributed by atoms with E-state index < -0.39 is 0 Å². The Hall–Kier alpha value is -3.02. The van der Waals surface area contributed by atoms with Gasteiger partial charge in [-0.1, -0.05) is 12.1 Å². The van der Waals surface area contributed by atoms with E-state index in [1.54, 1.807) is 6.26 Å². The van der Waals surface area contributed by atoms with Gasteiger partial charge in [-0.15, -0.1) is 0 Å². The third kappa shape index (κ3) is 4.78. The average molecular weight is 367 g/mol. The fraction of sp³-hybridized carbons (Fsp3) is 0.333. The van der Waals surface area contributed by atoms with Gasteiger partial charge in [-0.3, -0.25) is 9.48 Å². The molecule has 2 aromatic heterocycles.